The second-order valence-corrected chi connectivity index (χ2v) is 7.48. The van der Waals surface area contributed by atoms with Crippen molar-refractivity contribution in [2.45, 2.75) is 6.92 Å². The van der Waals surface area contributed by atoms with Crippen LogP contribution in [0.25, 0.3) is 6.08 Å². The number of benzene rings is 2. The molecule has 26 heavy (non-hydrogen) atoms. The van der Waals surface area contributed by atoms with Crippen LogP contribution in [0.1, 0.15) is 12.5 Å². The molecule has 1 aliphatic heterocycles. The van der Waals surface area contributed by atoms with E-state index < -0.39 is 5.91 Å². The molecular weight excluding hydrogens is 417 g/mol. The number of hydrogen-bond donors (Lipinski definition) is 0. The molecular formula is C18H12Cl3NO3S. The molecule has 0 atom stereocenters. The second kappa shape index (κ2) is 7.92. The van der Waals surface area contributed by atoms with Crippen LogP contribution in [0.4, 0.5) is 10.5 Å². The van der Waals surface area contributed by atoms with Crippen molar-refractivity contribution in [3.05, 3.63) is 61.9 Å². The molecule has 8 heteroatoms. The van der Waals surface area contributed by atoms with Crippen LogP contribution in [0.2, 0.25) is 15.1 Å². The van der Waals surface area contributed by atoms with Crippen LogP contribution >= 0.6 is 46.6 Å². The number of carbonyl (C=O) groups is 2. The van der Waals surface area contributed by atoms with Crippen molar-refractivity contribution in [1.29, 1.82) is 0 Å². The van der Waals surface area contributed by atoms with Gasteiger partial charge in [-0.3, -0.25) is 9.59 Å². The fourth-order valence-electron chi connectivity index (χ4n) is 2.38. The quantitative estimate of drug-likeness (QED) is 0.537. The van der Waals surface area contributed by atoms with Crippen molar-refractivity contribution in [3.63, 3.8) is 0 Å². The minimum Gasteiger partial charge on any atom is -0.491 e. The fraction of sp³-hybridized carbons (Fsp3) is 0.111. The first-order valence-corrected chi connectivity index (χ1v) is 9.51. The summed E-state index contributed by atoms with van der Waals surface area (Å²) in [5.41, 5.74) is 1.06. The zero-order valence-electron chi connectivity index (χ0n) is 13.5. The molecule has 0 unspecified atom stereocenters. The summed E-state index contributed by atoms with van der Waals surface area (Å²) in [7, 11) is 0. The van der Waals surface area contributed by atoms with Crippen LogP contribution in [-0.2, 0) is 4.79 Å². The van der Waals surface area contributed by atoms with Gasteiger partial charge < -0.3 is 4.74 Å². The van der Waals surface area contributed by atoms with Gasteiger partial charge in [-0.25, -0.2) is 4.90 Å². The first-order valence-electron chi connectivity index (χ1n) is 7.56. The molecule has 0 N–H and O–H groups in total. The zero-order chi connectivity index (χ0) is 18.8. The van der Waals surface area contributed by atoms with Crippen LogP contribution in [0.5, 0.6) is 5.75 Å². The van der Waals surface area contributed by atoms with Crippen molar-refractivity contribution < 1.29 is 14.3 Å². The highest BCUT2D eigenvalue weighted by atomic mass is 35.5. The molecule has 3 rings (SSSR count). The molecule has 1 saturated heterocycles. The fourth-order valence-corrected chi connectivity index (χ4v) is 3.96. The van der Waals surface area contributed by atoms with Gasteiger partial charge in [0.2, 0.25) is 0 Å². The van der Waals surface area contributed by atoms with Crippen molar-refractivity contribution in [2.24, 2.45) is 0 Å². The van der Waals surface area contributed by atoms with Gasteiger partial charge in [-0.15, -0.1) is 0 Å². The highest BCUT2D eigenvalue weighted by Crippen LogP contribution is 2.38. The van der Waals surface area contributed by atoms with E-state index in [9.17, 15) is 9.59 Å². The van der Waals surface area contributed by atoms with E-state index in [1.54, 1.807) is 42.5 Å². The Balaban J connectivity index is 1.92. The molecule has 1 aliphatic rings. The van der Waals surface area contributed by atoms with Crippen LogP contribution in [0, 0.1) is 0 Å². The number of ether oxygens (including phenoxy) is 1. The molecule has 2 amide bonds. The number of rotatable bonds is 4. The lowest BCUT2D eigenvalue weighted by Gasteiger charge is -2.12. The Bertz CT molecular complexity index is 889. The van der Waals surface area contributed by atoms with E-state index in [0.717, 1.165) is 16.7 Å². The van der Waals surface area contributed by atoms with Crippen molar-refractivity contribution in [2.75, 3.05) is 11.5 Å². The van der Waals surface area contributed by atoms with Crippen molar-refractivity contribution in [3.8, 4) is 5.75 Å². The first kappa shape index (κ1) is 19.1. The van der Waals surface area contributed by atoms with Crippen LogP contribution < -0.4 is 9.64 Å². The smallest absolute Gasteiger partial charge is 0.298 e. The van der Waals surface area contributed by atoms with Crippen LogP contribution in [0.15, 0.2) is 41.3 Å². The molecule has 0 aromatic heterocycles. The van der Waals surface area contributed by atoms with E-state index >= 15 is 0 Å². The van der Waals surface area contributed by atoms with Gasteiger partial charge in [0.15, 0.2) is 5.75 Å². The van der Waals surface area contributed by atoms with E-state index in [4.69, 9.17) is 39.5 Å². The molecule has 0 bridgehead atoms. The third-order valence-corrected chi connectivity index (χ3v) is 5.17. The summed E-state index contributed by atoms with van der Waals surface area (Å²) in [5.74, 6) is -0.0225. The van der Waals surface area contributed by atoms with E-state index in [2.05, 4.69) is 0 Å². The van der Waals surface area contributed by atoms with Gasteiger partial charge in [0, 0.05) is 5.02 Å². The van der Waals surface area contributed by atoms with Crippen LogP contribution in [0.3, 0.4) is 0 Å². The second-order valence-electron chi connectivity index (χ2n) is 5.24. The molecule has 0 aliphatic carbocycles. The summed E-state index contributed by atoms with van der Waals surface area (Å²) in [6, 6.07) is 9.74. The number of anilines is 1. The SMILES string of the molecule is CCOc1c(Cl)cc(C=C2SC(=O)N(c3ccc(Cl)cc3)C2=O)cc1Cl. The number of halogens is 3. The highest BCUT2D eigenvalue weighted by Gasteiger charge is 2.36. The number of carbonyl (C=O) groups excluding carboxylic acids is 2. The third-order valence-electron chi connectivity index (χ3n) is 3.49. The molecule has 0 saturated carbocycles. The molecule has 134 valence electrons. The molecule has 0 spiro atoms. The normalized spacial score (nSPS) is 15.8. The Morgan fingerprint density at radius 1 is 1.08 bits per heavy atom. The van der Waals surface area contributed by atoms with Gasteiger partial charge in [0.25, 0.3) is 11.1 Å². The Morgan fingerprint density at radius 3 is 2.27 bits per heavy atom. The Kier molecular flexibility index (Phi) is 5.82. The molecule has 2 aromatic rings. The molecule has 4 nitrogen and oxygen atoms in total. The van der Waals surface area contributed by atoms with Gasteiger partial charge in [-0.2, -0.15) is 0 Å². The standard InChI is InChI=1S/C18H12Cl3NO3S/c1-2-25-16-13(20)7-10(8-14(16)21)9-15-17(23)22(18(24)26-15)12-5-3-11(19)4-6-12/h3-9H,2H2,1H3. The number of nitrogens with zero attached hydrogens (tertiary/aromatic N) is 1. The minimum atomic E-state index is -0.413. The average molecular weight is 429 g/mol. The molecule has 1 fully saturated rings. The summed E-state index contributed by atoms with van der Waals surface area (Å²) >= 11 is 19.1. The topological polar surface area (TPSA) is 46.6 Å². The maximum Gasteiger partial charge on any atom is 0.298 e. The summed E-state index contributed by atoms with van der Waals surface area (Å²) < 4.78 is 5.39. The van der Waals surface area contributed by atoms with Gasteiger partial charge in [0.1, 0.15) is 0 Å². The highest BCUT2D eigenvalue weighted by molar-refractivity contribution is 8.19. The van der Waals surface area contributed by atoms with Gasteiger partial charge in [-0.1, -0.05) is 34.8 Å². The minimum absolute atomic E-state index is 0.279. The first-order chi connectivity index (χ1) is 12.4. The van der Waals surface area contributed by atoms with Gasteiger partial charge in [0.05, 0.1) is 27.2 Å². The largest absolute Gasteiger partial charge is 0.491 e. The van der Waals surface area contributed by atoms with Crippen molar-refractivity contribution >= 4 is 69.5 Å². The molecule has 2 aromatic carbocycles. The zero-order valence-corrected chi connectivity index (χ0v) is 16.5. The Hall–Kier alpha value is -1.66. The van der Waals surface area contributed by atoms with E-state index in [0.29, 0.717) is 38.7 Å². The number of hydrogen-bond acceptors (Lipinski definition) is 4. The summed E-state index contributed by atoms with van der Waals surface area (Å²) in [6.07, 6.45) is 1.58. The number of amides is 2. The van der Waals surface area contributed by atoms with Crippen molar-refractivity contribution in [1.82, 2.24) is 0 Å². The van der Waals surface area contributed by atoms with Crippen LogP contribution in [-0.4, -0.2) is 17.8 Å². The van der Waals surface area contributed by atoms with E-state index in [-0.39, 0.29) is 10.1 Å². The predicted octanol–water partition coefficient (Wildman–Crippen LogP) is 6.29. The predicted molar refractivity (Wildman–Crippen MR) is 108 cm³/mol. The molecule has 1 heterocycles. The van der Waals surface area contributed by atoms with Gasteiger partial charge >= 0.3 is 0 Å². The maximum atomic E-state index is 12.6. The lowest BCUT2D eigenvalue weighted by atomic mass is 10.2. The Morgan fingerprint density at radius 2 is 1.69 bits per heavy atom. The molecule has 0 radical (unpaired) electrons. The number of imide groups is 1. The summed E-state index contributed by atoms with van der Waals surface area (Å²) in [4.78, 5) is 26.3. The monoisotopic (exact) mass is 427 g/mol. The summed E-state index contributed by atoms with van der Waals surface area (Å²) in [5, 5.41) is 0.812. The lowest BCUT2D eigenvalue weighted by molar-refractivity contribution is -0.113. The van der Waals surface area contributed by atoms with E-state index in [1.807, 2.05) is 6.92 Å². The summed E-state index contributed by atoms with van der Waals surface area (Å²) in [6.45, 7) is 2.26. The van der Waals surface area contributed by atoms with E-state index in [1.165, 1.54) is 0 Å². The lowest BCUT2D eigenvalue weighted by Crippen LogP contribution is -2.27. The maximum absolute atomic E-state index is 12.6. The number of thioether (sulfide) groups is 1. The van der Waals surface area contributed by atoms with Gasteiger partial charge in [-0.05, 0) is 66.7 Å². The Labute approximate surface area is 169 Å². The average Bonchev–Trinajstić information content (AvgIpc) is 2.86. The third kappa shape index (κ3) is 3.86.